The summed E-state index contributed by atoms with van der Waals surface area (Å²) in [6, 6.07) is -0.120. The molecular formula is C16H27N3O2S. The number of carbonyl (C=O) groups is 1. The Bertz CT molecular complexity index is 522. The maximum atomic E-state index is 12.0. The number of carbonyl (C=O) groups excluding carboxylic acids is 1. The molecule has 1 aliphatic heterocycles. The fraction of sp³-hybridized carbons (Fsp3) is 0.750. The molecule has 1 fully saturated rings. The normalized spacial score (nSPS) is 21.9. The van der Waals surface area contributed by atoms with Crippen molar-refractivity contribution in [2.24, 2.45) is 11.3 Å². The van der Waals surface area contributed by atoms with Crippen LogP contribution < -0.4 is 10.6 Å². The Balaban J connectivity index is 1.77. The van der Waals surface area contributed by atoms with Crippen LogP contribution in [0, 0.1) is 25.2 Å². The summed E-state index contributed by atoms with van der Waals surface area (Å²) in [6.45, 7) is 12.5. The van der Waals surface area contributed by atoms with E-state index in [0.29, 0.717) is 19.0 Å². The zero-order chi connectivity index (χ0) is 16.3. The molecule has 0 unspecified atom stereocenters. The molecule has 6 heteroatoms. The quantitative estimate of drug-likeness (QED) is 0.894. The summed E-state index contributed by atoms with van der Waals surface area (Å²) in [5.41, 5.74) is 1.11. The number of amides is 2. The number of hydrogen-bond donors (Lipinski definition) is 2. The highest BCUT2D eigenvalue weighted by molar-refractivity contribution is 7.11. The summed E-state index contributed by atoms with van der Waals surface area (Å²) in [7, 11) is 0. The molecule has 0 radical (unpaired) electrons. The Hall–Kier alpha value is -1.14. The molecule has 0 aliphatic carbocycles. The summed E-state index contributed by atoms with van der Waals surface area (Å²) < 4.78 is 5.83. The largest absolute Gasteiger partial charge is 0.377 e. The third-order valence-corrected chi connectivity index (χ3v) is 5.07. The van der Waals surface area contributed by atoms with Crippen LogP contribution in [0.15, 0.2) is 0 Å². The van der Waals surface area contributed by atoms with Gasteiger partial charge in [0.05, 0.1) is 23.4 Å². The van der Waals surface area contributed by atoms with Crippen LogP contribution in [0.3, 0.4) is 0 Å². The lowest BCUT2D eigenvalue weighted by molar-refractivity contribution is 0.00775. The lowest BCUT2D eigenvalue weighted by Gasteiger charge is -2.31. The van der Waals surface area contributed by atoms with Crippen LogP contribution >= 0.6 is 11.3 Å². The van der Waals surface area contributed by atoms with Crippen LogP contribution in [0.1, 0.15) is 42.8 Å². The van der Waals surface area contributed by atoms with Gasteiger partial charge in [0.2, 0.25) is 0 Å². The van der Waals surface area contributed by atoms with E-state index in [-0.39, 0.29) is 17.6 Å². The molecule has 2 N–H and O–H groups in total. The third-order valence-electron chi connectivity index (χ3n) is 4.00. The van der Waals surface area contributed by atoms with E-state index in [4.69, 9.17) is 4.74 Å². The molecule has 0 bridgehead atoms. The van der Waals surface area contributed by atoms with Gasteiger partial charge in [0.1, 0.15) is 0 Å². The Morgan fingerprint density at radius 1 is 1.36 bits per heavy atom. The van der Waals surface area contributed by atoms with Gasteiger partial charge in [-0.05, 0) is 25.7 Å². The molecule has 124 valence electrons. The monoisotopic (exact) mass is 325 g/mol. The van der Waals surface area contributed by atoms with Gasteiger partial charge in [-0.1, -0.05) is 20.8 Å². The van der Waals surface area contributed by atoms with E-state index in [2.05, 4.69) is 36.4 Å². The molecule has 5 nitrogen and oxygen atoms in total. The summed E-state index contributed by atoms with van der Waals surface area (Å²) in [4.78, 5) is 17.4. The van der Waals surface area contributed by atoms with Crippen LogP contribution in [0.25, 0.3) is 0 Å². The van der Waals surface area contributed by atoms with E-state index in [1.807, 2.05) is 13.8 Å². The maximum Gasteiger partial charge on any atom is 0.315 e. The van der Waals surface area contributed by atoms with Crippen molar-refractivity contribution in [3.8, 4) is 0 Å². The van der Waals surface area contributed by atoms with Crippen LogP contribution in [0.2, 0.25) is 0 Å². The van der Waals surface area contributed by atoms with E-state index < -0.39 is 0 Å². The van der Waals surface area contributed by atoms with Gasteiger partial charge in [-0.3, -0.25) is 0 Å². The third kappa shape index (κ3) is 4.43. The Kier molecular flexibility index (Phi) is 5.45. The summed E-state index contributed by atoms with van der Waals surface area (Å²) in [6.07, 6.45) is 1.22. The molecule has 2 heterocycles. The van der Waals surface area contributed by atoms with Gasteiger partial charge in [0.25, 0.3) is 0 Å². The Morgan fingerprint density at radius 2 is 2.09 bits per heavy atom. The van der Waals surface area contributed by atoms with E-state index in [0.717, 1.165) is 28.6 Å². The number of hydrogen-bond acceptors (Lipinski definition) is 4. The van der Waals surface area contributed by atoms with Gasteiger partial charge in [0.15, 0.2) is 0 Å². The average molecular weight is 325 g/mol. The number of thiazole rings is 1. The van der Waals surface area contributed by atoms with Gasteiger partial charge < -0.3 is 15.4 Å². The SMILES string of the molecule is Cc1nc(C)c(CNC(=O)NC[C@@H]2CCO[C@@H]2C(C)(C)C)s1. The van der Waals surface area contributed by atoms with Crippen molar-refractivity contribution in [3.63, 3.8) is 0 Å². The van der Waals surface area contributed by atoms with Crippen molar-refractivity contribution in [1.82, 2.24) is 15.6 Å². The molecule has 0 saturated carbocycles. The minimum absolute atomic E-state index is 0.108. The van der Waals surface area contributed by atoms with E-state index in [1.54, 1.807) is 11.3 Å². The van der Waals surface area contributed by atoms with E-state index in [1.165, 1.54) is 0 Å². The van der Waals surface area contributed by atoms with Crippen molar-refractivity contribution in [2.75, 3.05) is 13.2 Å². The summed E-state index contributed by atoms with van der Waals surface area (Å²) >= 11 is 1.63. The number of urea groups is 1. The van der Waals surface area contributed by atoms with Crippen LogP contribution in [0.4, 0.5) is 4.79 Å². The molecule has 2 rings (SSSR count). The van der Waals surface area contributed by atoms with E-state index in [9.17, 15) is 4.79 Å². The molecule has 1 saturated heterocycles. The fourth-order valence-electron chi connectivity index (χ4n) is 2.98. The highest BCUT2D eigenvalue weighted by Crippen LogP contribution is 2.34. The first-order valence-electron chi connectivity index (χ1n) is 7.83. The van der Waals surface area contributed by atoms with Crippen LogP contribution in [-0.4, -0.2) is 30.3 Å². The molecule has 2 amide bonds. The molecular weight excluding hydrogens is 298 g/mol. The van der Waals surface area contributed by atoms with Crippen LogP contribution in [-0.2, 0) is 11.3 Å². The second-order valence-electron chi connectivity index (χ2n) is 7.01. The fourth-order valence-corrected chi connectivity index (χ4v) is 3.86. The molecule has 1 aliphatic rings. The molecule has 1 aromatic rings. The predicted octanol–water partition coefficient (Wildman–Crippen LogP) is 3.01. The molecule has 0 aromatic carbocycles. The first-order chi connectivity index (χ1) is 10.3. The summed E-state index contributed by atoms with van der Waals surface area (Å²) in [5.74, 6) is 0.387. The van der Waals surface area contributed by atoms with Crippen LogP contribution in [0.5, 0.6) is 0 Å². The molecule has 1 aromatic heterocycles. The van der Waals surface area contributed by atoms with Gasteiger partial charge in [0, 0.05) is 23.9 Å². The van der Waals surface area contributed by atoms with Crippen molar-refractivity contribution >= 4 is 17.4 Å². The number of aryl methyl sites for hydroxylation is 2. The highest BCUT2D eigenvalue weighted by Gasteiger charge is 2.37. The van der Waals surface area contributed by atoms with Gasteiger partial charge in [-0.25, -0.2) is 9.78 Å². The van der Waals surface area contributed by atoms with Gasteiger partial charge >= 0.3 is 6.03 Å². The minimum atomic E-state index is -0.120. The van der Waals surface area contributed by atoms with Crippen molar-refractivity contribution in [3.05, 3.63) is 15.6 Å². The number of nitrogens with zero attached hydrogens (tertiary/aromatic N) is 1. The highest BCUT2D eigenvalue weighted by atomic mass is 32.1. The Morgan fingerprint density at radius 3 is 2.68 bits per heavy atom. The summed E-state index contributed by atoms with van der Waals surface area (Å²) in [5, 5.41) is 6.92. The molecule has 2 atom stereocenters. The van der Waals surface area contributed by atoms with Gasteiger partial charge in [-0.2, -0.15) is 0 Å². The topological polar surface area (TPSA) is 63.2 Å². The second-order valence-corrected chi connectivity index (χ2v) is 8.30. The number of rotatable bonds is 4. The molecule has 22 heavy (non-hydrogen) atoms. The average Bonchev–Trinajstić information content (AvgIpc) is 3.00. The minimum Gasteiger partial charge on any atom is -0.377 e. The molecule has 0 spiro atoms. The number of ether oxygens (including phenoxy) is 1. The predicted molar refractivity (Wildman–Crippen MR) is 89.1 cm³/mol. The lowest BCUT2D eigenvalue weighted by atomic mass is 9.81. The van der Waals surface area contributed by atoms with Crippen molar-refractivity contribution in [2.45, 2.75) is 53.7 Å². The van der Waals surface area contributed by atoms with Crippen molar-refractivity contribution < 1.29 is 9.53 Å². The first kappa shape index (κ1) is 17.2. The number of nitrogens with one attached hydrogen (secondary N) is 2. The van der Waals surface area contributed by atoms with Crippen molar-refractivity contribution in [1.29, 1.82) is 0 Å². The zero-order valence-electron chi connectivity index (χ0n) is 14.2. The standard InChI is InChI=1S/C16H27N3O2S/c1-10-13(22-11(2)19-10)9-18-15(20)17-8-12-6-7-21-14(12)16(3,4)5/h12,14H,6-9H2,1-5H3,(H2,17,18,20)/t12-,14-/m0/s1. The first-order valence-corrected chi connectivity index (χ1v) is 8.65. The lowest BCUT2D eigenvalue weighted by Crippen LogP contribution is -2.42. The number of aromatic nitrogens is 1. The second kappa shape index (κ2) is 6.96. The smallest absolute Gasteiger partial charge is 0.315 e. The zero-order valence-corrected chi connectivity index (χ0v) is 15.0. The van der Waals surface area contributed by atoms with E-state index >= 15 is 0 Å². The Labute approximate surface area is 136 Å². The maximum absolute atomic E-state index is 12.0. The van der Waals surface area contributed by atoms with Gasteiger partial charge in [-0.15, -0.1) is 11.3 Å².